The van der Waals surface area contributed by atoms with E-state index in [1.54, 1.807) is 6.07 Å². The molecule has 0 amide bonds. The first-order valence-corrected chi connectivity index (χ1v) is 3.82. The predicted octanol–water partition coefficient (Wildman–Crippen LogP) is -0.219. The summed E-state index contributed by atoms with van der Waals surface area (Å²) in [6.07, 6.45) is 0.783. The van der Waals surface area contributed by atoms with Crippen molar-refractivity contribution in [2.24, 2.45) is 0 Å². The molecule has 0 aromatic carbocycles. The second kappa shape index (κ2) is 2.57. The van der Waals surface area contributed by atoms with Crippen LogP contribution in [0.3, 0.4) is 0 Å². The predicted molar refractivity (Wildman–Crippen MR) is 38.9 cm³/mol. The molecule has 0 radical (unpaired) electrons. The van der Waals surface area contributed by atoms with Gasteiger partial charge in [0.25, 0.3) is 0 Å². The molecule has 2 heterocycles. The van der Waals surface area contributed by atoms with E-state index in [1.165, 1.54) is 0 Å². The fourth-order valence-electron chi connectivity index (χ4n) is 1.43. The van der Waals surface area contributed by atoms with E-state index in [-0.39, 0.29) is 0 Å². The van der Waals surface area contributed by atoms with Crippen molar-refractivity contribution in [3.8, 4) is 6.07 Å². The Morgan fingerprint density at radius 2 is 2.42 bits per heavy atom. The number of aryl methyl sites for hydroxylation is 1. The van der Waals surface area contributed by atoms with Crippen molar-refractivity contribution < 1.29 is 5.11 Å². The summed E-state index contributed by atoms with van der Waals surface area (Å²) < 4.78 is 1.81. The van der Waals surface area contributed by atoms with Gasteiger partial charge in [0.1, 0.15) is 11.9 Å². The summed E-state index contributed by atoms with van der Waals surface area (Å²) in [6, 6.07) is 1.73. The minimum absolute atomic E-state index is 0.380. The fraction of sp³-hybridized carbons (Fsp3) is 0.571. The molecule has 0 bridgehead atoms. The van der Waals surface area contributed by atoms with Crippen molar-refractivity contribution >= 4 is 0 Å². The highest BCUT2D eigenvalue weighted by molar-refractivity contribution is 5.08. The van der Waals surface area contributed by atoms with Crippen LogP contribution in [0.25, 0.3) is 0 Å². The van der Waals surface area contributed by atoms with Crippen molar-refractivity contribution in [2.75, 3.05) is 0 Å². The lowest BCUT2D eigenvalue weighted by Crippen LogP contribution is -2.05. The number of hydrogen-bond acceptors (Lipinski definition) is 4. The van der Waals surface area contributed by atoms with Crippen LogP contribution in [-0.4, -0.2) is 19.9 Å². The highest BCUT2D eigenvalue weighted by Gasteiger charge is 2.21. The van der Waals surface area contributed by atoms with Crippen LogP contribution in [0.4, 0.5) is 0 Å². The monoisotopic (exact) mass is 164 g/mol. The number of aliphatic hydroxyl groups is 1. The molecule has 1 aliphatic heterocycles. The first-order chi connectivity index (χ1) is 5.83. The number of aromatic nitrogens is 3. The van der Waals surface area contributed by atoms with E-state index in [9.17, 15) is 5.11 Å². The molecule has 1 unspecified atom stereocenters. The second-order valence-electron chi connectivity index (χ2n) is 2.76. The molecule has 0 saturated carbocycles. The van der Waals surface area contributed by atoms with E-state index in [4.69, 9.17) is 5.26 Å². The molecule has 0 fully saturated rings. The molecule has 1 aromatic heterocycles. The number of fused-ring (bicyclic) bond motifs is 1. The van der Waals surface area contributed by atoms with Gasteiger partial charge in [-0.1, -0.05) is 0 Å². The van der Waals surface area contributed by atoms with Gasteiger partial charge in [-0.2, -0.15) is 5.26 Å². The zero-order valence-corrected chi connectivity index (χ0v) is 6.43. The van der Waals surface area contributed by atoms with Crippen LogP contribution < -0.4 is 0 Å². The number of aliphatic hydroxyl groups excluding tert-OH is 1. The van der Waals surface area contributed by atoms with Gasteiger partial charge in [-0.3, -0.25) is 0 Å². The van der Waals surface area contributed by atoms with E-state index in [0.717, 1.165) is 25.2 Å². The minimum Gasteiger partial charge on any atom is -0.371 e. The molecule has 2 rings (SSSR count). The summed E-state index contributed by atoms with van der Waals surface area (Å²) >= 11 is 0. The largest absolute Gasteiger partial charge is 0.371 e. The maximum absolute atomic E-state index is 9.20. The average Bonchev–Trinajstić information content (AvgIpc) is 2.62. The molecule has 1 aliphatic rings. The molecule has 12 heavy (non-hydrogen) atoms. The van der Waals surface area contributed by atoms with E-state index in [0.29, 0.717) is 5.82 Å². The quantitative estimate of drug-likeness (QED) is 0.582. The summed E-state index contributed by atoms with van der Waals surface area (Å²) in [4.78, 5) is 0. The summed E-state index contributed by atoms with van der Waals surface area (Å²) in [7, 11) is 0. The van der Waals surface area contributed by atoms with Gasteiger partial charge in [0, 0.05) is 13.0 Å². The molecule has 5 heteroatoms. The van der Waals surface area contributed by atoms with Gasteiger partial charge in [0.05, 0.1) is 0 Å². The number of rotatable bonds is 1. The van der Waals surface area contributed by atoms with Crippen LogP contribution in [0, 0.1) is 11.3 Å². The minimum atomic E-state index is -1.13. The highest BCUT2D eigenvalue weighted by atomic mass is 16.3. The van der Waals surface area contributed by atoms with Crippen LogP contribution in [-0.2, 0) is 13.0 Å². The summed E-state index contributed by atoms with van der Waals surface area (Å²) in [6.45, 7) is 0.816. The van der Waals surface area contributed by atoms with Crippen LogP contribution in [0.15, 0.2) is 0 Å². The normalized spacial score (nSPS) is 17.0. The third kappa shape index (κ3) is 0.889. The number of nitrogens with zero attached hydrogens (tertiary/aromatic N) is 4. The molecule has 0 saturated heterocycles. The zero-order valence-electron chi connectivity index (χ0n) is 6.43. The van der Waals surface area contributed by atoms with Gasteiger partial charge < -0.3 is 9.67 Å². The molecule has 1 aromatic rings. The smallest absolute Gasteiger partial charge is 0.200 e. The molecular formula is C7H8N4O. The third-order valence-electron chi connectivity index (χ3n) is 2.00. The standard InChI is InChI=1S/C7H8N4O/c8-4-5(12)7-10-9-6-2-1-3-11(6)7/h5,12H,1-3H2. The maximum Gasteiger partial charge on any atom is 0.200 e. The van der Waals surface area contributed by atoms with E-state index in [2.05, 4.69) is 10.2 Å². The average molecular weight is 164 g/mol. The molecule has 0 spiro atoms. The molecule has 62 valence electrons. The van der Waals surface area contributed by atoms with E-state index in [1.807, 2.05) is 4.57 Å². The highest BCUT2D eigenvalue weighted by Crippen LogP contribution is 2.18. The Bertz CT molecular complexity index is 338. The van der Waals surface area contributed by atoms with Crippen LogP contribution in [0.1, 0.15) is 24.2 Å². The van der Waals surface area contributed by atoms with Crippen LogP contribution >= 0.6 is 0 Å². The summed E-state index contributed by atoms with van der Waals surface area (Å²) in [5.74, 6) is 1.25. The molecule has 5 nitrogen and oxygen atoms in total. The molecule has 0 aliphatic carbocycles. The lowest BCUT2D eigenvalue weighted by atomic mass is 10.3. The van der Waals surface area contributed by atoms with Gasteiger partial charge in [-0.05, 0) is 6.42 Å². The Labute approximate surface area is 69.3 Å². The van der Waals surface area contributed by atoms with Crippen LogP contribution in [0.2, 0.25) is 0 Å². The van der Waals surface area contributed by atoms with E-state index < -0.39 is 6.10 Å². The van der Waals surface area contributed by atoms with Gasteiger partial charge in [0.15, 0.2) is 5.82 Å². The summed E-state index contributed by atoms with van der Waals surface area (Å²) in [5, 5.41) is 25.3. The van der Waals surface area contributed by atoms with E-state index >= 15 is 0 Å². The Hall–Kier alpha value is -1.41. The van der Waals surface area contributed by atoms with Gasteiger partial charge in [0.2, 0.25) is 6.10 Å². The van der Waals surface area contributed by atoms with Crippen molar-refractivity contribution in [1.82, 2.24) is 14.8 Å². The maximum atomic E-state index is 9.20. The first kappa shape index (κ1) is 7.25. The van der Waals surface area contributed by atoms with Gasteiger partial charge in [-0.15, -0.1) is 10.2 Å². The lowest BCUT2D eigenvalue weighted by Gasteiger charge is -2.01. The summed E-state index contributed by atoms with van der Waals surface area (Å²) in [5.41, 5.74) is 0. The van der Waals surface area contributed by atoms with Gasteiger partial charge in [-0.25, -0.2) is 0 Å². The van der Waals surface area contributed by atoms with Crippen LogP contribution in [0.5, 0.6) is 0 Å². The SMILES string of the molecule is N#CC(O)c1nnc2n1CCC2. The van der Waals surface area contributed by atoms with Gasteiger partial charge >= 0.3 is 0 Å². The third-order valence-corrected chi connectivity index (χ3v) is 2.00. The Morgan fingerprint density at radius 3 is 3.17 bits per heavy atom. The van der Waals surface area contributed by atoms with Crippen molar-refractivity contribution in [3.63, 3.8) is 0 Å². The zero-order chi connectivity index (χ0) is 8.55. The second-order valence-corrected chi connectivity index (χ2v) is 2.76. The molecule has 1 atom stereocenters. The Kier molecular flexibility index (Phi) is 1.55. The lowest BCUT2D eigenvalue weighted by molar-refractivity contribution is 0.220. The van der Waals surface area contributed by atoms with Crippen molar-refractivity contribution in [2.45, 2.75) is 25.5 Å². The Morgan fingerprint density at radius 1 is 1.58 bits per heavy atom. The topological polar surface area (TPSA) is 74.7 Å². The number of hydrogen-bond donors (Lipinski definition) is 1. The van der Waals surface area contributed by atoms with Crippen molar-refractivity contribution in [3.05, 3.63) is 11.6 Å². The Balaban J connectivity index is 2.41. The fourth-order valence-corrected chi connectivity index (χ4v) is 1.43. The molecule has 1 N–H and O–H groups in total. The molecular weight excluding hydrogens is 156 g/mol. The number of nitriles is 1. The van der Waals surface area contributed by atoms with Crippen molar-refractivity contribution in [1.29, 1.82) is 5.26 Å². The first-order valence-electron chi connectivity index (χ1n) is 3.82.